The van der Waals surface area contributed by atoms with Gasteiger partial charge < -0.3 is 5.32 Å². The van der Waals surface area contributed by atoms with Gasteiger partial charge in [-0.2, -0.15) is 4.98 Å². The predicted octanol–water partition coefficient (Wildman–Crippen LogP) is 5.27. The summed E-state index contributed by atoms with van der Waals surface area (Å²) in [7, 11) is 0. The van der Waals surface area contributed by atoms with Gasteiger partial charge in [-0.25, -0.2) is 4.98 Å². The Labute approximate surface area is 191 Å². The van der Waals surface area contributed by atoms with Gasteiger partial charge in [0.25, 0.3) is 5.56 Å². The van der Waals surface area contributed by atoms with Crippen molar-refractivity contribution in [2.75, 3.05) is 5.32 Å². The standard InChI is InChI=1S/C28H22N4O/c33-25-17-16-21-18-29-28(30-22-10-2-1-3-11-22)31-27(21)32(25)26-23-12-6-4-8-19(23)14-15-20-9-5-7-13-24(20)26/h1-13,16-18,26H,14-15H2,(H,29,30,31). The van der Waals surface area contributed by atoms with E-state index in [1.807, 2.05) is 47.0 Å². The van der Waals surface area contributed by atoms with Gasteiger partial charge >= 0.3 is 0 Å². The molecule has 5 nitrogen and oxygen atoms in total. The lowest BCUT2D eigenvalue weighted by Gasteiger charge is -2.24. The van der Waals surface area contributed by atoms with Crippen LogP contribution in [0.25, 0.3) is 11.0 Å². The molecule has 0 unspecified atom stereocenters. The quantitative estimate of drug-likeness (QED) is 0.424. The average Bonchev–Trinajstić information content (AvgIpc) is 3.02. The van der Waals surface area contributed by atoms with Crippen molar-refractivity contribution in [2.45, 2.75) is 18.9 Å². The third kappa shape index (κ3) is 3.48. The van der Waals surface area contributed by atoms with Gasteiger partial charge in [0.2, 0.25) is 5.95 Å². The van der Waals surface area contributed by atoms with E-state index < -0.39 is 0 Å². The van der Waals surface area contributed by atoms with Crippen molar-refractivity contribution in [3.8, 4) is 0 Å². The monoisotopic (exact) mass is 430 g/mol. The Balaban J connectivity index is 1.60. The maximum absolute atomic E-state index is 13.4. The number of nitrogens with one attached hydrogen (secondary N) is 1. The Morgan fingerprint density at radius 3 is 2.09 bits per heavy atom. The summed E-state index contributed by atoms with van der Waals surface area (Å²) in [6.45, 7) is 0. The summed E-state index contributed by atoms with van der Waals surface area (Å²) in [5.74, 6) is 0.461. The van der Waals surface area contributed by atoms with Crippen molar-refractivity contribution < 1.29 is 0 Å². The van der Waals surface area contributed by atoms with Crippen molar-refractivity contribution in [3.05, 3.63) is 130 Å². The third-order valence-electron chi connectivity index (χ3n) is 6.32. The van der Waals surface area contributed by atoms with Crippen LogP contribution in [0, 0.1) is 0 Å². The van der Waals surface area contributed by atoms with Crippen LogP contribution in [0.1, 0.15) is 28.3 Å². The van der Waals surface area contributed by atoms with Crippen molar-refractivity contribution in [3.63, 3.8) is 0 Å². The molecule has 3 aromatic carbocycles. The first-order valence-corrected chi connectivity index (χ1v) is 11.1. The highest BCUT2D eigenvalue weighted by Gasteiger charge is 2.27. The van der Waals surface area contributed by atoms with E-state index in [0.717, 1.165) is 35.0 Å². The zero-order valence-electron chi connectivity index (χ0n) is 18.0. The number of rotatable bonds is 3. The van der Waals surface area contributed by atoms with Crippen molar-refractivity contribution in [2.24, 2.45) is 0 Å². The Kier molecular flexibility index (Phi) is 4.73. The van der Waals surface area contributed by atoms with Gasteiger partial charge in [0, 0.05) is 23.3 Å². The lowest BCUT2D eigenvalue weighted by Crippen LogP contribution is -2.27. The number of aromatic nitrogens is 3. The molecule has 0 bridgehead atoms. The van der Waals surface area contributed by atoms with Crippen molar-refractivity contribution in [1.29, 1.82) is 0 Å². The second kappa shape index (κ2) is 8.02. The molecule has 0 saturated carbocycles. The fourth-order valence-corrected chi connectivity index (χ4v) is 4.77. The topological polar surface area (TPSA) is 59.8 Å². The van der Waals surface area contributed by atoms with Gasteiger partial charge in [-0.15, -0.1) is 0 Å². The smallest absolute Gasteiger partial charge is 0.253 e. The number of fused-ring (bicyclic) bond motifs is 3. The van der Waals surface area contributed by atoms with Crippen LogP contribution in [0.2, 0.25) is 0 Å². The highest BCUT2D eigenvalue weighted by molar-refractivity contribution is 5.76. The van der Waals surface area contributed by atoms with E-state index in [9.17, 15) is 4.79 Å². The van der Waals surface area contributed by atoms with Crippen LogP contribution in [0.5, 0.6) is 0 Å². The number of benzene rings is 3. The van der Waals surface area contributed by atoms with E-state index in [0.29, 0.717) is 11.6 Å². The third-order valence-corrected chi connectivity index (χ3v) is 6.32. The molecule has 1 N–H and O–H groups in total. The molecule has 1 aliphatic rings. The summed E-state index contributed by atoms with van der Waals surface area (Å²) in [4.78, 5) is 22.7. The molecule has 0 saturated heterocycles. The van der Waals surface area contributed by atoms with E-state index >= 15 is 0 Å². The number of pyridine rings is 1. The van der Waals surface area contributed by atoms with Gasteiger partial charge in [0.15, 0.2) is 0 Å². The number of aryl methyl sites for hydroxylation is 2. The molecule has 0 atom stereocenters. The molecule has 0 amide bonds. The molecular weight excluding hydrogens is 408 g/mol. The lowest BCUT2D eigenvalue weighted by molar-refractivity contribution is 0.666. The van der Waals surface area contributed by atoms with Gasteiger partial charge in [-0.1, -0.05) is 66.7 Å². The largest absolute Gasteiger partial charge is 0.324 e. The molecule has 0 spiro atoms. The summed E-state index contributed by atoms with van der Waals surface area (Å²) in [6.07, 6.45) is 3.66. The maximum Gasteiger partial charge on any atom is 0.253 e. The number of hydrogen-bond donors (Lipinski definition) is 1. The zero-order chi connectivity index (χ0) is 22.2. The molecule has 2 aromatic heterocycles. The number of hydrogen-bond acceptors (Lipinski definition) is 4. The van der Waals surface area contributed by atoms with Gasteiger partial charge in [0.05, 0.1) is 6.04 Å². The molecule has 5 heteroatoms. The Hall–Kier alpha value is -4.25. The van der Waals surface area contributed by atoms with Crippen LogP contribution < -0.4 is 10.9 Å². The minimum Gasteiger partial charge on any atom is -0.324 e. The molecule has 0 aliphatic heterocycles. The average molecular weight is 431 g/mol. The molecule has 33 heavy (non-hydrogen) atoms. The van der Waals surface area contributed by atoms with E-state index in [4.69, 9.17) is 4.98 Å². The first kappa shape index (κ1) is 19.4. The molecule has 0 radical (unpaired) electrons. The molecule has 0 fully saturated rings. The molecule has 2 heterocycles. The van der Waals surface area contributed by atoms with Crippen LogP contribution in [-0.2, 0) is 12.8 Å². The highest BCUT2D eigenvalue weighted by atomic mass is 16.1. The summed E-state index contributed by atoms with van der Waals surface area (Å²) in [5, 5.41) is 4.09. The molecule has 5 aromatic rings. The van der Waals surface area contributed by atoms with E-state index in [-0.39, 0.29) is 11.6 Å². The van der Waals surface area contributed by atoms with E-state index in [1.54, 1.807) is 18.3 Å². The second-order valence-electron chi connectivity index (χ2n) is 8.31. The van der Waals surface area contributed by atoms with Gasteiger partial charge in [-0.05, 0) is 53.3 Å². The Bertz CT molecular complexity index is 1480. The van der Waals surface area contributed by atoms with Crippen LogP contribution in [0.4, 0.5) is 11.6 Å². The Morgan fingerprint density at radius 2 is 1.39 bits per heavy atom. The zero-order valence-corrected chi connectivity index (χ0v) is 18.0. The molecule has 6 rings (SSSR count). The van der Waals surface area contributed by atoms with E-state index in [1.165, 1.54) is 11.1 Å². The van der Waals surface area contributed by atoms with Crippen molar-refractivity contribution >= 4 is 22.7 Å². The van der Waals surface area contributed by atoms with Crippen LogP contribution in [-0.4, -0.2) is 14.5 Å². The predicted molar refractivity (Wildman–Crippen MR) is 131 cm³/mol. The maximum atomic E-state index is 13.4. The van der Waals surface area contributed by atoms with Crippen molar-refractivity contribution in [1.82, 2.24) is 14.5 Å². The lowest BCUT2D eigenvalue weighted by atomic mass is 9.94. The number of nitrogens with zero attached hydrogens (tertiary/aromatic N) is 3. The van der Waals surface area contributed by atoms with Gasteiger partial charge in [-0.3, -0.25) is 9.36 Å². The summed E-state index contributed by atoms with van der Waals surface area (Å²) < 4.78 is 1.83. The minimum atomic E-state index is -0.254. The van der Waals surface area contributed by atoms with Crippen LogP contribution >= 0.6 is 0 Å². The Morgan fingerprint density at radius 1 is 0.758 bits per heavy atom. The first-order valence-electron chi connectivity index (χ1n) is 11.1. The molecular formula is C28H22N4O. The summed E-state index contributed by atoms with van der Waals surface area (Å²) >= 11 is 0. The van der Waals surface area contributed by atoms with Gasteiger partial charge in [0.1, 0.15) is 5.65 Å². The molecule has 1 aliphatic carbocycles. The highest BCUT2D eigenvalue weighted by Crippen LogP contribution is 2.36. The fourth-order valence-electron chi connectivity index (χ4n) is 4.77. The van der Waals surface area contributed by atoms with E-state index in [2.05, 4.69) is 46.7 Å². The summed E-state index contributed by atoms with van der Waals surface area (Å²) in [5.41, 5.74) is 6.25. The second-order valence-corrected chi connectivity index (χ2v) is 8.31. The number of para-hydroxylation sites is 1. The molecule has 160 valence electrons. The SMILES string of the molecule is O=c1ccc2cnc(Nc3ccccc3)nc2n1C1c2ccccc2CCc2ccccc21. The van der Waals surface area contributed by atoms with Crippen LogP contribution in [0.15, 0.2) is 102 Å². The summed E-state index contributed by atoms with van der Waals surface area (Å²) in [6, 6.07) is 29.8. The number of anilines is 2. The fraction of sp³-hybridized carbons (Fsp3) is 0.107. The minimum absolute atomic E-state index is 0.0802. The van der Waals surface area contributed by atoms with Crippen LogP contribution in [0.3, 0.4) is 0 Å². The normalized spacial score (nSPS) is 13.2. The first-order chi connectivity index (χ1) is 16.3.